The number of rotatable bonds is 1. The topological polar surface area (TPSA) is 15.3 Å². The van der Waals surface area contributed by atoms with Crippen LogP contribution in [0.25, 0.3) is 0 Å². The highest BCUT2D eigenvalue weighted by atomic mass is 15.2. The average molecular weight is 230 g/mol. The lowest BCUT2D eigenvalue weighted by Crippen LogP contribution is -2.58. The van der Waals surface area contributed by atoms with Crippen LogP contribution < -0.4 is 10.2 Å². The molecule has 1 spiro atoms. The Bertz CT molecular complexity index is 411. The number of hydrogen-bond acceptors (Lipinski definition) is 2. The zero-order valence-corrected chi connectivity index (χ0v) is 10.9. The van der Waals surface area contributed by atoms with E-state index in [0.717, 1.165) is 0 Å². The largest absolute Gasteiger partial charge is 0.371 e. The number of hydrogen-bond donors (Lipinski definition) is 1. The first-order chi connectivity index (χ1) is 8.19. The van der Waals surface area contributed by atoms with Gasteiger partial charge in [0, 0.05) is 31.9 Å². The van der Waals surface area contributed by atoms with Gasteiger partial charge in [0.05, 0.1) is 0 Å². The fourth-order valence-corrected chi connectivity index (χ4v) is 2.99. The molecule has 0 atom stereocenters. The van der Waals surface area contributed by atoms with Crippen molar-refractivity contribution in [3.8, 4) is 0 Å². The lowest BCUT2D eigenvalue weighted by atomic mass is 9.73. The monoisotopic (exact) mass is 230 g/mol. The number of nitrogens with zero attached hydrogens (tertiary/aromatic N) is 1. The molecule has 2 heteroatoms. The van der Waals surface area contributed by atoms with E-state index in [-0.39, 0.29) is 0 Å². The van der Waals surface area contributed by atoms with E-state index in [1.165, 1.54) is 55.8 Å². The minimum absolute atomic E-state index is 0.649. The van der Waals surface area contributed by atoms with Gasteiger partial charge in [-0.25, -0.2) is 0 Å². The molecular weight excluding hydrogens is 208 g/mol. The summed E-state index contributed by atoms with van der Waals surface area (Å²) in [7, 11) is 0. The Kier molecular flexibility index (Phi) is 2.62. The highest BCUT2D eigenvalue weighted by Crippen LogP contribution is 2.36. The van der Waals surface area contributed by atoms with E-state index >= 15 is 0 Å². The Morgan fingerprint density at radius 1 is 1.06 bits per heavy atom. The number of nitrogens with one attached hydrogen (secondary N) is 1. The summed E-state index contributed by atoms with van der Waals surface area (Å²) in [6.07, 6.45) is 2.71. The Hall–Kier alpha value is -1.02. The first-order valence-corrected chi connectivity index (χ1v) is 6.72. The van der Waals surface area contributed by atoms with Crippen molar-refractivity contribution in [3.05, 3.63) is 29.3 Å². The summed E-state index contributed by atoms with van der Waals surface area (Å²) >= 11 is 0. The Labute approximate surface area is 104 Å². The molecule has 92 valence electrons. The van der Waals surface area contributed by atoms with E-state index < -0.39 is 0 Å². The molecule has 0 bridgehead atoms. The van der Waals surface area contributed by atoms with Gasteiger partial charge in [-0.15, -0.1) is 0 Å². The van der Waals surface area contributed by atoms with Crippen LogP contribution in [0.1, 0.15) is 24.0 Å². The van der Waals surface area contributed by atoms with E-state index in [9.17, 15) is 0 Å². The van der Waals surface area contributed by atoms with Gasteiger partial charge in [-0.2, -0.15) is 0 Å². The summed E-state index contributed by atoms with van der Waals surface area (Å²) in [5, 5.41) is 3.42. The normalized spacial score (nSPS) is 22.6. The molecule has 0 saturated carbocycles. The molecule has 2 nitrogen and oxygen atoms in total. The van der Waals surface area contributed by atoms with Crippen molar-refractivity contribution in [2.24, 2.45) is 5.41 Å². The predicted molar refractivity (Wildman–Crippen MR) is 72.7 cm³/mol. The summed E-state index contributed by atoms with van der Waals surface area (Å²) in [6.45, 7) is 9.33. The standard InChI is InChI=1S/C15H22N2/c1-12-3-4-14(9-13(12)2)17-7-5-15(6-8-17)10-16-11-15/h3-4,9,16H,5-8,10-11H2,1-2H3. The van der Waals surface area contributed by atoms with Gasteiger partial charge in [-0.3, -0.25) is 0 Å². The summed E-state index contributed by atoms with van der Waals surface area (Å²) in [5.74, 6) is 0. The van der Waals surface area contributed by atoms with Gasteiger partial charge in [0.2, 0.25) is 0 Å². The second-order valence-electron chi connectivity index (χ2n) is 5.86. The van der Waals surface area contributed by atoms with E-state index in [1.54, 1.807) is 0 Å². The Morgan fingerprint density at radius 2 is 1.76 bits per heavy atom. The first-order valence-electron chi connectivity index (χ1n) is 6.72. The summed E-state index contributed by atoms with van der Waals surface area (Å²) < 4.78 is 0. The summed E-state index contributed by atoms with van der Waals surface area (Å²) in [6, 6.07) is 6.87. The fraction of sp³-hybridized carbons (Fsp3) is 0.600. The minimum Gasteiger partial charge on any atom is -0.371 e. The van der Waals surface area contributed by atoms with Crippen LogP contribution in [0.5, 0.6) is 0 Å². The van der Waals surface area contributed by atoms with Crippen LogP contribution in [-0.4, -0.2) is 26.2 Å². The van der Waals surface area contributed by atoms with Crippen LogP contribution in [-0.2, 0) is 0 Å². The third-order valence-corrected chi connectivity index (χ3v) is 4.68. The van der Waals surface area contributed by atoms with E-state index in [0.29, 0.717) is 5.41 Å². The molecule has 1 N–H and O–H groups in total. The van der Waals surface area contributed by atoms with Crippen LogP contribution in [0.2, 0.25) is 0 Å². The molecule has 0 unspecified atom stereocenters. The lowest BCUT2D eigenvalue weighted by molar-refractivity contribution is 0.126. The SMILES string of the molecule is Cc1ccc(N2CCC3(CC2)CNC3)cc1C. The third kappa shape index (κ3) is 1.95. The van der Waals surface area contributed by atoms with Gasteiger partial charge in [-0.1, -0.05) is 6.07 Å². The van der Waals surface area contributed by atoms with Gasteiger partial charge in [0.15, 0.2) is 0 Å². The molecule has 2 aliphatic rings. The van der Waals surface area contributed by atoms with Crippen molar-refractivity contribution in [1.29, 1.82) is 0 Å². The zero-order valence-electron chi connectivity index (χ0n) is 10.9. The van der Waals surface area contributed by atoms with Crippen LogP contribution in [0.15, 0.2) is 18.2 Å². The molecule has 2 saturated heterocycles. The quantitative estimate of drug-likeness (QED) is 0.797. The van der Waals surface area contributed by atoms with E-state index in [1.807, 2.05) is 0 Å². The third-order valence-electron chi connectivity index (χ3n) is 4.68. The number of anilines is 1. The Morgan fingerprint density at radius 3 is 2.29 bits per heavy atom. The highest BCUT2D eigenvalue weighted by Gasteiger charge is 2.39. The molecule has 0 aliphatic carbocycles. The highest BCUT2D eigenvalue weighted by molar-refractivity contribution is 5.51. The minimum atomic E-state index is 0.649. The van der Waals surface area contributed by atoms with Gasteiger partial charge in [0.1, 0.15) is 0 Å². The summed E-state index contributed by atoms with van der Waals surface area (Å²) in [5.41, 5.74) is 4.87. The molecule has 2 heterocycles. The van der Waals surface area contributed by atoms with Gasteiger partial charge in [0.25, 0.3) is 0 Å². The van der Waals surface area contributed by atoms with Gasteiger partial charge in [-0.05, 0) is 55.4 Å². The maximum atomic E-state index is 3.42. The first kappa shape index (κ1) is 11.1. The van der Waals surface area contributed by atoms with Crippen LogP contribution in [0.3, 0.4) is 0 Å². The summed E-state index contributed by atoms with van der Waals surface area (Å²) in [4.78, 5) is 2.55. The zero-order chi connectivity index (χ0) is 11.9. The average Bonchev–Trinajstić information content (AvgIpc) is 2.31. The molecule has 0 amide bonds. The smallest absolute Gasteiger partial charge is 0.0369 e. The van der Waals surface area contributed by atoms with Gasteiger partial charge >= 0.3 is 0 Å². The van der Waals surface area contributed by atoms with Crippen LogP contribution >= 0.6 is 0 Å². The molecule has 1 aromatic carbocycles. The van der Waals surface area contributed by atoms with Crippen molar-refractivity contribution < 1.29 is 0 Å². The van der Waals surface area contributed by atoms with E-state index in [2.05, 4.69) is 42.3 Å². The maximum absolute atomic E-state index is 3.42. The lowest BCUT2D eigenvalue weighted by Gasteiger charge is -2.49. The predicted octanol–water partition coefficient (Wildman–Crippen LogP) is 2.49. The number of aryl methyl sites for hydroxylation is 2. The van der Waals surface area contributed by atoms with Crippen molar-refractivity contribution in [1.82, 2.24) is 5.32 Å². The molecule has 17 heavy (non-hydrogen) atoms. The number of piperidine rings is 1. The van der Waals surface area contributed by atoms with Crippen LogP contribution in [0, 0.1) is 19.3 Å². The van der Waals surface area contributed by atoms with E-state index in [4.69, 9.17) is 0 Å². The molecule has 0 aromatic heterocycles. The van der Waals surface area contributed by atoms with Crippen molar-refractivity contribution in [2.45, 2.75) is 26.7 Å². The van der Waals surface area contributed by atoms with Gasteiger partial charge < -0.3 is 10.2 Å². The molecule has 3 rings (SSSR count). The van der Waals surface area contributed by atoms with Crippen molar-refractivity contribution >= 4 is 5.69 Å². The fourth-order valence-electron chi connectivity index (χ4n) is 2.99. The molecule has 2 aliphatic heterocycles. The van der Waals surface area contributed by atoms with Crippen molar-refractivity contribution in [3.63, 3.8) is 0 Å². The Balaban J connectivity index is 1.71. The molecule has 0 radical (unpaired) electrons. The second kappa shape index (κ2) is 4.02. The molecular formula is C15H22N2. The molecule has 2 fully saturated rings. The van der Waals surface area contributed by atoms with Crippen molar-refractivity contribution in [2.75, 3.05) is 31.1 Å². The number of benzene rings is 1. The maximum Gasteiger partial charge on any atom is 0.0369 e. The van der Waals surface area contributed by atoms with Crippen LogP contribution in [0.4, 0.5) is 5.69 Å². The molecule has 1 aromatic rings. The second-order valence-corrected chi connectivity index (χ2v) is 5.86.